The van der Waals surface area contributed by atoms with Gasteiger partial charge in [-0.25, -0.2) is 17.9 Å². The molecule has 0 radical (unpaired) electrons. The van der Waals surface area contributed by atoms with Crippen LogP contribution in [0.4, 0.5) is 4.39 Å². The second-order valence-corrected chi connectivity index (χ2v) is 7.20. The van der Waals surface area contributed by atoms with Crippen molar-refractivity contribution in [3.05, 3.63) is 29.6 Å². The van der Waals surface area contributed by atoms with E-state index in [1.54, 1.807) is 0 Å². The quantitative estimate of drug-likeness (QED) is 0.880. The molecule has 1 saturated carbocycles. The van der Waals surface area contributed by atoms with Gasteiger partial charge in [-0.2, -0.15) is 0 Å². The summed E-state index contributed by atoms with van der Waals surface area (Å²) in [7, 11) is -3.97. The van der Waals surface area contributed by atoms with Gasteiger partial charge in [-0.05, 0) is 50.8 Å². The second kappa shape index (κ2) is 4.82. The minimum absolute atomic E-state index is 0.284. The summed E-state index contributed by atoms with van der Waals surface area (Å²) < 4.78 is 36.2. The molecule has 1 aliphatic carbocycles. The summed E-state index contributed by atoms with van der Waals surface area (Å²) >= 11 is 0. The zero-order chi connectivity index (χ0) is 15.1. The highest BCUT2D eigenvalue weighted by atomic mass is 32.2. The molecule has 1 amide bonds. The van der Waals surface area contributed by atoms with Crippen molar-refractivity contribution in [1.29, 1.82) is 0 Å². The molecule has 1 aromatic rings. The van der Waals surface area contributed by atoms with Crippen LogP contribution in [0.2, 0.25) is 0 Å². The van der Waals surface area contributed by atoms with Gasteiger partial charge < -0.3 is 5.32 Å². The third kappa shape index (κ3) is 3.16. The van der Waals surface area contributed by atoms with E-state index < -0.39 is 27.3 Å². The molecular formula is C13H17FN2O3S. The summed E-state index contributed by atoms with van der Waals surface area (Å²) in [6.45, 7) is 3.73. The number of carbonyl (C=O) groups is 1. The lowest BCUT2D eigenvalue weighted by Crippen LogP contribution is -2.45. The van der Waals surface area contributed by atoms with Gasteiger partial charge in [-0.1, -0.05) is 0 Å². The summed E-state index contributed by atoms with van der Waals surface area (Å²) in [6, 6.07) is 2.93. The van der Waals surface area contributed by atoms with Gasteiger partial charge >= 0.3 is 0 Å². The lowest BCUT2D eigenvalue weighted by atomic mass is 9.98. The topological polar surface area (TPSA) is 89.3 Å². The van der Waals surface area contributed by atoms with Crippen molar-refractivity contribution in [3.63, 3.8) is 0 Å². The largest absolute Gasteiger partial charge is 0.347 e. The third-order valence-corrected chi connectivity index (χ3v) is 4.46. The van der Waals surface area contributed by atoms with Gasteiger partial charge in [0, 0.05) is 5.54 Å². The monoisotopic (exact) mass is 300 g/mol. The predicted molar refractivity (Wildman–Crippen MR) is 72.0 cm³/mol. The maximum atomic E-state index is 13.7. The van der Waals surface area contributed by atoms with Crippen LogP contribution in [0.3, 0.4) is 0 Å². The van der Waals surface area contributed by atoms with Crippen molar-refractivity contribution in [3.8, 4) is 0 Å². The standard InChI is InChI=1S/C13H17FN2O3S/c1-13(2,8-3-4-8)16-12(17)10-7-9(20(15,18)19)5-6-11(10)14/h5-8H,3-4H2,1-2H3,(H,16,17)(H2,15,18,19). The number of rotatable bonds is 4. The molecule has 110 valence electrons. The second-order valence-electron chi connectivity index (χ2n) is 5.64. The Labute approximate surface area is 117 Å². The summed E-state index contributed by atoms with van der Waals surface area (Å²) in [6.07, 6.45) is 2.04. The Morgan fingerprint density at radius 2 is 2.00 bits per heavy atom. The molecule has 0 saturated heterocycles. The molecule has 0 atom stereocenters. The molecule has 0 heterocycles. The van der Waals surface area contributed by atoms with Crippen molar-refractivity contribution < 1.29 is 17.6 Å². The van der Waals surface area contributed by atoms with Crippen LogP contribution in [0.15, 0.2) is 23.1 Å². The van der Waals surface area contributed by atoms with E-state index in [9.17, 15) is 17.6 Å². The van der Waals surface area contributed by atoms with Gasteiger partial charge in [0.25, 0.3) is 5.91 Å². The maximum absolute atomic E-state index is 13.7. The molecular weight excluding hydrogens is 283 g/mol. The summed E-state index contributed by atoms with van der Waals surface area (Å²) in [4.78, 5) is 11.8. The molecule has 0 aromatic heterocycles. The fourth-order valence-electron chi connectivity index (χ4n) is 2.12. The molecule has 0 unspecified atom stereocenters. The predicted octanol–water partition coefficient (Wildman–Crippen LogP) is 1.39. The molecule has 1 fully saturated rings. The molecule has 5 nitrogen and oxygen atoms in total. The minimum Gasteiger partial charge on any atom is -0.347 e. The average molecular weight is 300 g/mol. The highest BCUT2D eigenvalue weighted by molar-refractivity contribution is 7.89. The Kier molecular flexibility index (Phi) is 3.60. The number of benzene rings is 1. The third-order valence-electron chi connectivity index (χ3n) is 3.54. The summed E-state index contributed by atoms with van der Waals surface area (Å²) in [5.74, 6) is -1.04. The van der Waals surface area contributed by atoms with Gasteiger partial charge in [-0.15, -0.1) is 0 Å². The Bertz CT molecular complexity index is 652. The Hall–Kier alpha value is -1.47. The fraction of sp³-hybridized carbons (Fsp3) is 0.462. The Morgan fingerprint density at radius 1 is 1.40 bits per heavy atom. The molecule has 2 rings (SSSR count). The number of hydrogen-bond acceptors (Lipinski definition) is 3. The van der Waals surface area contributed by atoms with Gasteiger partial charge in [0.2, 0.25) is 10.0 Å². The van der Waals surface area contributed by atoms with Gasteiger partial charge in [0.15, 0.2) is 0 Å². The van der Waals surface area contributed by atoms with E-state index >= 15 is 0 Å². The van der Waals surface area contributed by atoms with E-state index in [1.165, 1.54) is 0 Å². The minimum atomic E-state index is -3.97. The van der Waals surface area contributed by atoms with Crippen molar-refractivity contribution in [2.24, 2.45) is 11.1 Å². The number of halogens is 1. The number of hydrogen-bond donors (Lipinski definition) is 2. The van der Waals surface area contributed by atoms with Crippen LogP contribution in [-0.4, -0.2) is 19.9 Å². The molecule has 7 heteroatoms. The number of sulfonamides is 1. The first-order valence-corrected chi connectivity index (χ1v) is 7.81. The molecule has 1 aromatic carbocycles. The first kappa shape index (κ1) is 14.9. The van der Waals surface area contributed by atoms with E-state index in [4.69, 9.17) is 5.14 Å². The van der Waals surface area contributed by atoms with Crippen molar-refractivity contribution in [1.82, 2.24) is 5.32 Å². The van der Waals surface area contributed by atoms with Crippen LogP contribution in [0.1, 0.15) is 37.0 Å². The van der Waals surface area contributed by atoms with E-state index in [1.807, 2.05) is 13.8 Å². The zero-order valence-electron chi connectivity index (χ0n) is 11.3. The Morgan fingerprint density at radius 3 is 2.50 bits per heavy atom. The SMILES string of the molecule is CC(C)(NC(=O)c1cc(S(N)(=O)=O)ccc1F)C1CC1. The number of amides is 1. The first-order chi connectivity index (χ1) is 9.11. The first-order valence-electron chi connectivity index (χ1n) is 6.26. The van der Waals surface area contributed by atoms with Crippen LogP contribution in [0, 0.1) is 11.7 Å². The summed E-state index contributed by atoms with van der Waals surface area (Å²) in [5.41, 5.74) is -0.758. The zero-order valence-corrected chi connectivity index (χ0v) is 12.1. The smallest absolute Gasteiger partial charge is 0.254 e. The molecule has 1 aliphatic rings. The molecule has 0 bridgehead atoms. The van der Waals surface area contributed by atoms with Crippen molar-refractivity contribution in [2.45, 2.75) is 37.1 Å². The molecule has 0 aliphatic heterocycles. The fourth-order valence-corrected chi connectivity index (χ4v) is 2.66. The number of nitrogens with one attached hydrogen (secondary N) is 1. The number of primary sulfonamides is 1. The lowest BCUT2D eigenvalue weighted by molar-refractivity contribution is 0.0899. The van der Waals surface area contributed by atoms with E-state index in [2.05, 4.69) is 5.32 Å². The normalized spacial score (nSPS) is 16.0. The van der Waals surface area contributed by atoms with E-state index in [0.717, 1.165) is 31.0 Å². The van der Waals surface area contributed by atoms with E-state index in [-0.39, 0.29) is 10.5 Å². The van der Waals surface area contributed by atoms with Crippen molar-refractivity contribution >= 4 is 15.9 Å². The van der Waals surface area contributed by atoms with Crippen LogP contribution in [0.5, 0.6) is 0 Å². The van der Waals surface area contributed by atoms with Gasteiger partial charge in [-0.3, -0.25) is 4.79 Å². The Balaban J connectivity index is 2.29. The van der Waals surface area contributed by atoms with Crippen LogP contribution in [-0.2, 0) is 10.0 Å². The molecule has 20 heavy (non-hydrogen) atoms. The van der Waals surface area contributed by atoms with Crippen LogP contribution >= 0.6 is 0 Å². The molecule has 0 spiro atoms. The highest BCUT2D eigenvalue weighted by Crippen LogP contribution is 2.39. The van der Waals surface area contributed by atoms with Crippen LogP contribution in [0.25, 0.3) is 0 Å². The van der Waals surface area contributed by atoms with Crippen molar-refractivity contribution in [2.75, 3.05) is 0 Å². The highest BCUT2D eigenvalue weighted by Gasteiger charge is 2.39. The van der Waals surface area contributed by atoms with Gasteiger partial charge in [0.05, 0.1) is 10.5 Å². The summed E-state index contributed by atoms with van der Waals surface area (Å²) in [5, 5.41) is 7.72. The number of carbonyl (C=O) groups excluding carboxylic acids is 1. The van der Waals surface area contributed by atoms with Gasteiger partial charge in [0.1, 0.15) is 5.82 Å². The lowest BCUT2D eigenvalue weighted by Gasteiger charge is -2.26. The maximum Gasteiger partial charge on any atom is 0.254 e. The average Bonchev–Trinajstić information content (AvgIpc) is 3.10. The van der Waals surface area contributed by atoms with Crippen LogP contribution < -0.4 is 10.5 Å². The number of nitrogens with two attached hydrogens (primary N) is 1. The molecule has 3 N–H and O–H groups in total. The van der Waals surface area contributed by atoms with E-state index in [0.29, 0.717) is 5.92 Å².